The Morgan fingerprint density at radius 3 is 1.72 bits per heavy atom. The average molecular weight is 856 g/mol. The van der Waals surface area contributed by atoms with Crippen LogP contribution in [0.1, 0.15) is 16.7 Å². The molecule has 0 N–H and O–H groups in total. The SMILES string of the molecule is Cc1ccc2c(c1)B1c3ccccc3Sc3c1c1c4c(c3-c3cccc5c3c3ccccc3n5-c3ccccc3)N(c3c(F)cccc3F)c3ccc(C)cc3B4c3cc(C)ccc3N21. The normalized spacial score (nSPS) is 13.7. The monoisotopic (exact) mass is 855 g/mol. The summed E-state index contributed by atoms with van der Waals surface area (Å²) in [6.45, 7) is 6.13. The van der Waals surface area contributed by atoms with Gasteiger partial charge in [-0.25, -0.2) is 8.78 Å². The summed E-state index contributed by atoms with van der Waals surface area (Å²) in [5.41, 5.74) is 20.6. The lowest BCUT2D eigenvalue weighted by Crippen LogP contribution is -2.68. The van der Waals surface area contributed by atoms with Gasteiger partial charge < -0.3 is 14.4 Å². The molecule has 65 heavy (non-hydrogen) atoms. The fourth-order valence-corrected chi connectivity index (χ4v) is 13.1. The van der Waals surface area contributed by atoms with Gasteiger partial charge >= 0.3 is 0 Å². The number of nitrogens with zero attached hydrogens (tertiary/aromatic N) is 3. The standard InChI is InChI=1S/C57H37B2F2N3S/c1-32-23-26-45-39(29-32)58-38-17-8-10-22-49(38)65-57-51(37-16-11-21-48-50(37)36-15-7-9-20-44(36)62(48)35-13-5-4-6-14-35)55-52-56(53(57)58)63(45)46-27-24-33(2)30-40(46)59(52)41-31-34(3)25-28-47(41)64(55)54-42(60)18-12-19-43(54)61/h4-31H,1-3H3. The molecule has 5 heterocycles. The first-order valence-electron chi connectivity index (χ1n) is 22.3. The zero-order chi connectivity index (χ0) is 43.4. The van der Waals surface area contributed by atoms with Crippen LogP contribution in [0.5, 0.6) is 0 Å². The minimum absolute atomic E-state index is 0.0780. The number of para-hydroxylation sites is 3. The van der Waals surface area contributed by atoms with Gasteiger partial charge in [-0.1, -0.05) is 143 Å². The topological polar surface area (TPSA) is 11.4 Å². The molecule has 0 bridgehead atoms. The molecule has 0 amide bonds. The molecule has 0 aliphatic carbocycles. The van der Waals surface area contributed by atoms with Crippen LogP contribution in [0.3, 0.4) is 0 Å². The van der Waals surface area contributed by atoms with Gasteiger partial charge in [-0.05, 0) is 114 Å². The third-order valence-electron chi connectivity index (χ3n) is 14.3. The van der Waals surface area contributed by atoms with E-state index in [4.69, 9.17) is 0 Å². The average Bonchev–Trinajstić information content (AvgIpc) is 3.66. The first kappa shape index (κ1) is 37.1. The Morgan fingerprint density at radius 1 is 0.462 bits per heavy atom. The van der Waals surface area contributed by atoms with Gasteiger partial charge in [0.2, 0.25) is 6.71 Å². The molecular formula is C57H37B2F2N3S. The van der Waals surface area contributed by atoms with Crippen LogP contribution in [0.15, 0.2) is 180 Å². The van der Waals surface area contributed by atoms with Crippen molar-refractivity contribution in [1.29, 1.82) is 0 Å². The molecule has 4 aliphatic rings. The summed E-state index contributed by atoms with van der Waals surface area (Å²) >= 11 is 1.79. The Bertz CT molecular complexity index is 3730. The smallest absolute Gasteiger partial charge is 0.252 e. The molecule has 10 aromatic rings. The van der Waals surface area contributed by atoms with Crippen molar-refractivity contribution in [1.82, 2.24) is 4.57 Å². The van der Waals surface area contributed by atoms with Crippen LogP contribution in [0.4, 0.5) is 42.9 Å². The summed E-state index contributed by atoms with van der Waals surface area (Å²) in [7, 11) is 0. The summed E-state index contributed by atoms with van der Waals surface area (Å²) in [6.07, 6.45) is 0. The quantitative estimate of drug-likeness (QED) is 0.164. The number of fused-ring (bicyclic) bond motifs is 13. The zero-order valence-corrected chi connectivity index (χ0v) is 36.6. The molecule has 8 heteroatoms. The van der Waals surface area contributed by atoms with Gasteiger partial charge in [0.1, 0.15) is 17.3 Å². The van der Waals surface area contributed by atoms with Gasteiger partial charge in [0, 0.05) is 54.6 Å². The Morgan fingerprint density at radius 2 is 1.03 bits per heavy atom. The lowest BCUT2D eigenvalue weighted by Gasteiger charge is -2.50. The maximum absolute atomic E-state index is 17.1. The highest BCUT2D eigenvalue weighted by Crippen LogP contribution is 2.55. The number of rotatable bonds is 3. The van der Waals surface area contributed by atoms with E-state index in [0.29, 0.717) is 0 Å². The molecule has 9 aromatic carbocycles. The van der Waals surface area contributed by atoms with Crippen LogP contribution in [-0.4, -0.2) is 18.0 Å². The fraction of sp³-hybridized carbons (Fsp3) is 0.0526. The zero-order valence-electron chi connectivity index (χ0n) is 35.8. The van der Waals surface area contributed by atoms with Crippen LogP contribution >= 0.6 is 11.8 Å². The van der Waals surface area contributed by atoms with E-state index in [2.05, 4.69) is 182 Å². The van der Waals surface area contributed by atoms with Crippen molar-refractivity contribution in [2.75, 3.05) is 9.80 Å². The number of benzene rings is 9. The third-order valence-corrected chi connectivity index (χ3v) is 15.5. The minimum Gasteiger partial charge on any atom is -0.312 e. The van der Waals surface area contributed by atoms with E-state index in [1.807, 2.05) is 4.90 Å². The van der Waals surface area contributed by atoms with Crippen LogP contribution in [0, 0.1) is 32.4 Å². The number of hydrogen-bond donors (Lipinski definition) is 0. The molecule has 0 atom stereocenters. The van der Waals surface area contributed by atoms with E-state index in [9.17, 15) is 0 Å². The second kappa shape index (κ2) is 13.4. The van der Waals surface area contributed by atoms with E-state index < -0.39 is 11.6 Å². The van der Waals surface area contributed by atoms with E-state index in [1.54, 1.807) is 11.8 Å². The van der Waals surface area contributed by atoms with Crippen LogP contribution in [-0.2, 0) is 0 Å². The van der Waals surface area contributed by atoms with Crippen molar-refractivity contribution in [2.45, 2.75) is 30.6 Å². The van der Waals surface area contributed by atoms with Crippen LogP contribution in [0.2, 0.25) is 0 Å². The third kappa shape index (κ3) is 4.92. The van der Waals surface area contributed by atoms with E-state index in [0.717, 1.165) is 94.0 Å². The van der Waals surface area contributed by atoms with Gasteiger partial charge in [-0.15, -0.1) is 0 Å². The Labute approximate surface area is 380 Å². The molecule has 1 aromatic heterocycles. The highest BCUT2D eigenvalue weighted by atomic mass is 32.2. The van der Waals surface area contributed by atoms with Crippen molar-refractivity contribution < 1.29 is 8.78 Å². The van der Waals surface area contributed by atoms with E-state index >= 15 is 8.78 Å². The molecule has 0 fully saturated rings. The van der Waals surface area contributed by atoms with Gasteiger partial charge in [0.25, 0.3) is 6.71 Å². The summed E-state index contributed by atoms with van der Waals surface area (Å²) in [5.74, 6) is -1.22. The molecular weight excluding hydrogens is 818 g/mol. The van der Waals surface area contributed by atoms with E-state index in [-0.39, 0.29) is 19.1 Å². The first-order valence-corrected chi connectivity index (χ1v) is 23.1. The Hall–Kier alpha value is -7.28. The van der Waals surface area contributed by atoms with Crippen molar-refractivity contribution in [2.24, 2.45) is 0 Å². The van der Waals surface area contributed by atoms with Gasteiger partial charge in [-0.2, -0.15) is 0 Å². The van der Waals surface area contributed by atoms with Crippen molar-refractivity contribution in [3.8, 4) is 16.8 Å². The molecule has 0 saturated heterocycles. The Kier molecular flexibility index (Phi) is 7.64. The molecule has 3 nitrogen and oxygen atoms in total. The minimum atomic E-state index is -0.612. The van der Waals surface area contributed by atoms with Crippen LogP contribution in [0.25, 0.3) is 38.6 Å². The van der Waals surface area contributed by atoms with Crippen molar-refractivity contribution in [3.05, 3.63) is 198 Å². The maximum atomic E-state index is 17.1. The largest absolute Gasteiger partial charge is 0.312 e. The molecule has 0 spiro atoms. The van der Waals surface area contributed by atoms with Gasteiger partial charge in [0.15, 0.2) is 0 Å². The summed E-state index contributed by atoms with van der Waals surface area (Å²) in [6, 6.07) is 59.1. The lowest BCUT2D eigenvalue weighted by atomic mass is 9.29. The highest BCUT2D eigenvalue weighted by Gasteiger charge is 2.52. The predicted octanol–water partition coefficient (Wildman–Crippen LogP) is 11.0. The number of aromatic nitrogens is 1. The Balaban J connectivity index is 1.25. The molecule has 14 rings (SSSR count). The maximum Gasteiger partial charge on any atom is 0.252 e. The number of anilines is 6. The summed E-state index contributed by atoms with van der Waals surface area (Å²) in [4.78, 5) is 6.73. The highest BCUT2D eigenvalue weighted by molar-refractivity contribution is 8.00. The number of aryl methyl sites for hydroxylation is 3. The van der Waals surface area contributed by atoms with Crippen molar-refractivity contribution >= 4 is 114 Å². The van der Waals surface area contributed by atoms with E-state index in [1.165, 1.54) is 50.5 Å². The summed E-state index contributed by atoms with van der Waals surface area (Å²) in [5, 5.41) is 2.21. The van der Waals surface area contributed by atoms with Gasteiger partial charge in [0.05, 0.1) is 16.7 Å². The second-order valence-corrected chi connectivity index (χ2v) is 19.1. The number of hydrogen-bond acceptors (Lipinski definition) is 3. The van der Waals surface area contributed by atoms with Crippen molar-refractivity contribution in [3.63, 3.8) is 0 Å². The number of halogens is 2. The molecule has 4 aliphatic heterocycles. The molecule has 0 unspecified atom stereocenters. The van der Waals surface area contributed by atoms with Crippen LogP contribution < -0.4 is 42.6 Å². The lowest BCUT2D eigenvalue weighted by molar-refractivity contribution is 0.586. The predicted molar refractivity (Wildman–Crippen MR) is 270 cm³/mol. The fourth-order valence-electron chi connectivity index (χ4n) is 11.8. The molecule has 306 valence electrons. The summed E-state index contributed by atoms with van der Waals surface area (Å²) < 4.78 is 36.5. The second-order valence-electron chi connectivity index (χ2n) is 18.1. The molecule has 0 saturated carbocycles. The van der Waals surface area contributed by atoms with Gasteiger partial charge in [-0.3, -0.25) is 0 Å². The first-order chi connectivity index (χ1) is 31.9. The molecule has 0 radical (unpaired) electrons.